The molecule has 0 saturated heterocycles. The molecule has 0 bridgehead atoms. The van der Waals surface area contributed by atoms with E-state index in [0.29, 0.717) is 0 Å². The standard InChI is InChI=1S/C17H28O9P2/c1-10-8-12(25-27(19,20)21)14(11(2)15(10)26-28(22,23)24)17(6,7)9-13(18)16(3,4)5/h8H,9H2,1-7H3,(H2,19,20,21)(H2,22,23,24). The Labute approximate surface area is 164 Å². The first-order valence-corrected chi connectivity index (χ1v) is 11.5. The Kier molecular flexibility index (Phi) is 7.01. The molecule has 1 rings (SSSR count). The molecule has 4 N–H and O–H groups in total. The first-order valence-electron chi connectivity index (χ1n) is 8.43. The van der Waals surface area contributed by atoms with Crippen LogP contribution in [0.5, 0.6) is 11.5 Å². The third-order valence-corrected chi connectivity index (χ3v) is 5.07. The molecule has 0 amide bonds. The summed E-state index contributed by atoms with van der Waals surface area (Å²) in [7, 11) is -9.81. The van der Waals surface area contributed by atoms with Crippen molar-refractivity contribution in [1.29, 1.82) is 0 Å². The molecule has 0 unspecified atom stereocenters. The van der Waals surface area contributed by atoms with Gasteiger partial charge in [0.15, 0.2) is 0 Å². The molecular weight excluding hydrogens is 410 g/mol. The number of Topliss-reactive ketones (excluding diaryl/α,β-unsaturated/α-hetero) is 1. The highest BCUT2D eigenvalue weighted by Gasteiger charge is 2.37. The normalized spacial score (nSPS) is 13.4. The van der Waals surface area contributed by atoms with Crippen molar-refractivity contribution in [2.45, 2.75) is 60.3 Å². The number of ketones is 1. The Morgan fingerprint density at radius 1 is 0.964 bits per heavy atom. The second-order valence-corrected chi connectivity index (χ2v) is 10.7. The van der Waals surface area contributed by atoms with Crippen molar-refractivity contribution in [2.24, 2.45) is 5.41 Å². The van der Waals surface area contributed by atoms with Gasteiger partial charge in [-0.25, -0.2) is 9.13 Å². The zero-order chi connectivity index (χ0) is 22.3. The molecule has 0 aromatic heterocycles. The largest absolute Gasteiger partial charge is 0.524 e. The number of aryl methyl sites for hydroxylation is 1. The van der Waals surface area contributed by atoms with Crippen molar-refractivity contribution < 1.29 is 42.5 Å². The fraction of sp³-hybridized carbons (Fsp3) is 0.588. The van der Waals surface area contributed by atoms with E-state index in [1.165, 1.54) is 19.9 Å². The van der Waals surface area contributed by atoms with Crippen LogP contribution in [0.15, 0.2) is 6.07 Å². The number of phosphoric ester groups is 2. The number of rotatable bonds is 7. The maximum atomic E-state index is 12.6. The average molecular weight is 438 g/mol. The van der Waals surface area contributed by atoms with Gasteiger partial charge in [-0.1, -0.05) is 34.6 Å². The van der Waals surface area contributed by atoms with Crippen molar-refractivity contribution >= 4 is 21.4 Å². The number of carbonyl (C=O) groups is 1. The molecule has 0 spiro atoms. The summed E-state index contributed by atoms with van der Waals surface area (Å²) in [5.74, 6) is -0.400. The lowest BCUT2D eigenvalue weighted by molar-refractivity contribution is -0.127. The summed E-state index contributed by atoms with van der Waals surface area (Å²) in [5.41, 5.74) is -0.961. The lowest BCUT2D eigenvalue weighted by atomic mass is 9.73. The van der Waals surface area contributed by atoms with Crippen LogP contribution in [0.25, 0.3) is 0 Å². The topological polar surface area (TPSA) is 151 Å². The van der Waals surface area contributed by atoms with Crippen LogP contribution in [-0.4, -0.2) is 25.4 Å². The molecule has 9 nitrogen and oxygen atoms in total. The zero-order valence-electron chi connectivity index (χ0n) is 17.0. The quantitative estimate of drug-likeness (QED) is 0.469. The molecule has 0 saturated carbocycles. The molecular formula is C17H28O9P2. The van der Waals surface area contributed by atoms with E-state index < -0.39 is 26.5 Å². The van der Waals surface area contributed by atoms with Gasteiger partial charge >= 0.3 is 15.6 Å². The molecule has 0 atom stereocenters. The van der Waals surface area contributed by atoms with Crippen molar-refractivity contribution in [2.75, 3.05) is 0 Å². The van der Waals surface area contributed by atoms with Gasteiger partial charge in [0.05, 0.1) is 0 Å². The SMILES string of the molecule is Cc1cc(OP(=O)(O)O)c(C(C)(C)CC(=O)C(C)(C)C)c(C)c1OP(=O)(O)O. The highest BCUT2D eigenvalue weighted by atomic mass is 31.2. The van der Waals surface area contributed by atoms with E-state index >= 15 is 0 Å². The Morgan fingerprint density at radius 3 is 1.82 bits per heavy atom. The third kappa shape index (κ3) is 6.69. The number of hydrogen-bond donors (Lipinski definition) is 4. The summed E-state index contributed by atoms with van der Waals surface area (Å²) >= 11 is 0. The van der Waals surface area contributed by atoms with Crippen LogP contribution in [0.3, 0.4) is 0 Å². The molecule has 1 aromatic rings. The Hall–Kier alpha value is -1.21. The average Bonchev–Trinajstić information content (AvgIpc) is 2.38. The summed E-state index contributed by atoms with van der Waals surface area (Å²) in [6.07, 6.45) is 0.00721. The van der Waals surface area contributed by atoms with Gasteiger partial charge in [-0.3, -0.25) is 24.4 Å². The predicted molar refractivity (Wildman–Crippen MR) is 103 cm³/mol. The van der Waals surface area contributed by atoms with Crippen LogP contribution in [0, 0.1) is 19.3 Å². The van der Waals surface area contributed by atoms with E-state index in [0.717, 1.165) is 0 Å². The fourth-order valence-electron chi connectivity index (χ4n) is 2.98. The van der Waals surface area contributed by atoms with E-state index in [1.54, 1.807) is 34.6 Å². The summed E-state index contributed by atoms with van der Waals surface area (Å²) in [5, 5.41) is 0. The van der Waals surface area contributed by atoms with E-state index in [-0.39, 0.29) is 40.4 Å². The molecule has 0 heterocycles. The predicted octanol–water partition coefficient (Wildman–Crippen LogP) is 3.53. The van der Waals surface area contributed by atoms with Gasteiger partial charge in [0, 0.05) is 22.8 Å². The van der Waals surface area contributed by atoms with E-state index in [4.69, 9.17) is 9.05 Å². The lowest BCUT2D eigenvalue weighted by Crippen LogP contribution is -2.30. The summed E-state index contributed by atoms with van der Waals surface area (Å²) in [6, 6.07) is 1.23. The maximum Gasteiger partial charge on any atom is 0.524 e. The van der Waals surface area contributed by atoms with Crippen molar-refractivity contribution in [3.8, 4) is 11.5 Å². The number of hydrogen-bond acceptors (Lipinski definition) is 5. The minimum Gasteiger partial charge on any atom is -0.404 e. The van der Waals surface area contributed by atoms with Crippen molar-refractivity contribution in [1.82, 2.24) is 0 Å². The monoisotopic (exact) mass is 438 g/mol. The number of phosphoric acid groups is 2. The van der Waals surface area contributed by atoms with Crippen LogP contribution in [-0.2, 0) is 19.3 Å². The molecule has 1 aromatic carbocycles. The van der Waals surface area contributed by atoms with E-state index in [9.17, 15) is 33.5 Å². The summed E-state index contributed by atoms with van der Waals surface area (Å²) in [4.78, 5) is 49.5. The lowest BCUT2D eigenvalue weighted by Gasteiger charge is -2.32. The van der Waals surface area contributed by atoms with Gasteiger partial charge in [0.2, 0.25) is 0 Å². The molecule has 0 radical (unpaired) electrons. The van der Waals surface area contributed by atoms with E-state index in [2.05, 4.69) is 0 Å². The minimum absolute atomic E-state index is 0.00721. The van der Waals surface area contributed by atoms with Crippen molar-refractivity contribution in [3.05, 3.63) is 22.8 Å². The second kappa shape index (κ2) is 7.90. The van der Waals surface area contributed by atoms with Gasteiger partial charge < -0.3 is 9.05 Å². The van der Waals surface area contributed by atoms with Gasteiger partial charge in [-0.2, -0.15) is 0 Å². The molecule has 0 aliphatic heterocycles. The molecule has 0 fully saturated rings. The fourth-order valence-corrected chi connectivity index (χ4v) is 3.90. The van der Waals surface area contributed by atoms with E-state index in [1.807, 2.05) is 0 Å². The highest BCUT2D eigenvalue weighted by Crippen LogP contribution is 2.50. The highest BCUT2D eigenvalue weighted by molar-refractivity contribution is 7.47. The minimum atomic E-state index is -4.93. The van der Waals surface area contributed by atoms with Gasteiger partial charge in [0.1, 0.15) is 17.3 Å². The number of benzene rings is 1. The molecule has 28 heavy (non-hydrogen) atoms. The van der Waals surface area contributed by atoms with Gasteiger partial charge in [0.25, 0.3) is 0 Å². The van der Waals surface area contributed by atoms with Crippen LogP contribution in [0.1, 0.15) is 57.7 Å². The van der Waals surface area contributed by atoms with Gasteiger partial charge in [-0.05, 0) is 31.0 Å². The Bertz CT molecular complexity index is 856. The van der Waals surface area contributed by atoms with Gasteiger partial charge in [-0.15, -0.1) is 0 Å². The Morgan fingerprint density at radius 2 is 1.43 bits per heavy atom. The molecule has 160 valence electrons. The second-order valence-electron chi connectivity index (χ2n) is 8.42. The summed E-state index contributed by atoms with van der Waals surface area (Å²) < 4.78 is 32.4. The molecule has 11 heteroatoms. The maximum absolute atomic E-state index is 12.6. The number of carbonyl (C=O) groups excluding carboxylic acids is 1. The first-order chi connectivity index (χ1) is 12.2. The van der Waals surface area contributed by atoms with Crippen LogP contribution in [0.4, 0.5) is 0 Å². The van der Waals surface area contributed by atoms with Crippen LogP contribution < -0.4 is 9.05 Å². The summed E-state index contributed by atoms with van der Waals surface area (Å²) in [6.45, 7) is 11.6. The molecule has 0 aliphatic rings. The van der Waals surface area contributed by atoms with Crippen LogP contribution >= 0.6 is 15.6 Å². The Balaban J connectivity index is 3.71. The zero-order valence-corrected chi connectivity index (χ0v) is 18.8. The first kappa shape index (κ1) is 24.8. The van der Waals surface area contributed by atoms with Crippen molar-refractivity contribution in [3.63, 3.8) is 0 Å². The van der Waals surface area contributed by atoms with Crippen LogP contribution in [0.2, 0.25) is 0 Å². The smallest absolute Gasteiger partial charge is 0.404 e. The molecule has 0 aliphatic carbocycles. The third-order valence-electron chi connectivity index (χ3n) is 4.21.